The van der Waals surface area contributed by atoms with Gasteiger partial charge in [0.1, 0.15) is 12.4 Å². The third-order valence-electron chi connectivity index (χ3n) is 2.38. The zero-order valence-corrected chi connectivity index (χ0v) is 10.0. The number of aromatic nitrogens is 2. The Bertz CT molecular complexity index is 479. The van der Waals surface area contributed by atoms with E-state index in [-0.39, 0.29) is 0 Å². The molecular weight excluding hydrogens is 224 g/mol. The highest BCUT2D eigenvalue weighted by molar-refractivity contribution is 6.31. The monoisotopic (exact) mass is 236 g/mol. The fourth-order valence-corrected chi connectivity index (χ4v) is 1.72. The second kappa shape index (κ2) is 4.58. The summed E-state index contributed by atoms with van der Waals surface area (Å²) in [4.78, 5) is 0. The van der Waals surface area contributed by atoms with Gasteiger partial charge in [0.25, 0.3) is 0 Å². The molecule has 2 rings (SSSR count). The SMILES string of the molecule is Cc1nn(C)c(COc2ccccc2)c1Cl. The number of aryl methyl sites for hydroxylation is 2. The number of rotatable bonds is 3. The predicted molar refractivity (Wildman–Crippen MR) is 63.7 cm³/mol. The van der Waals surface area contributed by atoms with Crippen LogP contribution in [0.25, 0.3) is 0 Å². The Hall–Kier alpha value is -1.48. The van der Waals surface area contributed by atoms with Crippen LogP contribution in [0.15, 0.2) is 30.3 Å². The molecule has 0 aliphatic heterocycles. The second-order valence-electron chi connectivity index (χ2n) is 3.57. The van der Waals surface area contributed by atoms with Crippen LogP contribution in [0.1, 0.15) is 11.4 Å². The van der Waals surface area contributed by atoms with Gasteiger partial charge in [0, 0.05) is 7.05 Å². The molecule has 84 valence electrons. The largest absolute Gasteiger partial charge is 0.487 e. The van der Waals surface area contributed by atoms with E-state index in [1.165, 1.54) is 0 Å². The summed E-state index contributed by atoms with van der Waals surface area (Å²) in [6.07, 6.45) is 0. The maximum absolute atomic E-state index is 6.12. The molecule has 0 bridgehead atoms. The Morgan fingerprint density at radius 3 is 2.56 bits per heavy atom. The third kappa shape index (κ3) is 2.19. The summed E-state index contributed by atoms with van der Waals surface area (Å²) >= 11 is 6.12. The Labute approximate surface area is 99.6 Å². The van der Waals surface area contributed by atoms with Crippen LogP contribution in [-0.4, -0.2) is 9.78 Å². The van der Waals surface area contributed by atoms with Gasteiger partial charge in [0.15, 0.2) is 0 Å². The highest BCUT2D eigenvalue weighted by atomic mass is 35.5. The molecule has 0 N–H and O–H groups in total. The van der Waals surface area contributed by atoms with Crippen molar-refractivity contribution in [2.75, 3.05) is 0 Å². The van der Waals surface area contributed by atoms with Crippen molar-refractivity contribution in [2.45, 2.75) is 13.5 Å². The van der Waals surface area contributed by atoms with E-state index in [9.17, 15) is 0 Å². The third-order valence-corrected chi connectivity index (χ3v) is 2.87. The molecule has 0 saturated heterocycles. The first-order chi connectivity index (χ1) is 7.68. The van der Waals surface area contributed by atoms with E-state index in [1.807, 2.05) is 44.3 Å². The van der Waals surface area contributed by atoms with Crippen LogP contribution in [0.5, 0.6) is 5.75 Å². The number of nitrogens with zero attached hydrogens (tertiary/aromatic N) is 2. The quantitative estimate of drug-likeness (QED) is 0.819. The van der Waals surface area contributed by atoms with E-state index in [0.29, 0.717) is 11.6 Å². The number of benzene rings is 1. The molecule has 1 aromatic heterocycles. The first-order valence-electron chi connectivity index (χ1n) is 5.04. The Kier molecular flexibility index (Phi) is 3.15. The summed E-state index contributed by atoms with van der Waals surface area (Å²) < 4.78 is 7.37. The minimum atomic E-state index is 0.431. The first-order valence-corrected chi connectivity index (χ1v) is 5.42. The molecule has 0 aliphatic carbocycles. The van der Waals surface area contributed by atoms with Crippen molar-refractivity contribution < 1.29 is 4.74 Å². The number of hydrogen-bond acceptors (Lipinski definition) is 2. The van der Waals surface area contributed by atoms with Crippen LogP contribution in [0.3, 0.4) is 0 Å². The Morgan fingerprint density at radius 2 is 2.00 bits per heavy atom. The fraction of sp³-hybridized carbons (Fsp3) is 0.250. The van der Waals surface area contributed by atoms with Crippen molar-refractivity contribution >= 4 is 11.6 Å². The summed E-state index contributed by atoms with van der Waals surface area (Å²) in [5.41, 5.74) is 1.72. The minimum absolute atomic E-state index is 0.431. The van der Waals surface area contributed by atoms with Gasteiger partial charge in [-0.2, -0.15) is 5.10 Å². The molecule has 1 aromatic carbocycles. The van der Waals surface area contributed by atoms with E-state index in [0.717, 1.165) is 17.1 Å². The van der Waals surface area contributed by atoms with Crippen molar-refractivity contribution in [2.24, 2.45) is 7.05 Å². The van der Waals surface area contributed by atoms with Gasteiger partial charge >= 0.3 is 0 Å². The lowest BCUT2D eigenvalue weighted by Gasteiger charge is -2.06. The molecule has 0 amide bonds. The average Bonchev–Trinajstić information content (AvgIpc) is 2.53. The fourth-order valence-electron chi connectivity index (χ4n) is 1.51. The second-order valence-corrected chi connectivity index (χ2v) is 3.95. The molecule has 0 radical (unpaired) electrons. The lowest BCUT2D eigenvalue weighted by molar-refractivity contribution is 0.295. The van der Waals surface area contributed by atoms with Gasteiger partial charge in [-0.15, -0.1) is 0 Å². The Balaban J connectivity index is 2.11. The highest BCUT2D eigenvalue weighted by Crippen LogP contribution is 2.21. The number of halogens is 1. The summed E-state index contributed by atoms with van der Waals surface area (Å²) in [6, 6.07) is 9.65. The van der Waals surface area contributed by atoms with Crippen LogP contribution in [0.4, 0.5) is 0 Å². The summed E-state index contributed by atoms with van der Waals surface area (Å²) in [7, 11) is 1.86. The molecule has 0 fully saturated rings. The van der Waals surface area contributed by atoms with Crippen LogP contribution in [0, 0.1) is 6.92 Å². The van der Waals surface area contributed by atoms with Crippen molar-refractivity contribution in [3.8, 4) is 5.75 Å². The minimum Gasteiger partial charge on any atom is -0.487 e. The zero-order valence-electron chi connectivity index (χ0n) is 9.27. The van der Waals surface area contributed by atoms with Crippen molar-refractivity contribution in [1.82, 2.24) is 9.78 Å². The molecule has 4 heteroatoms. The molecule has 0 unspecified atom stereocenters. The van der Waals surface area contributed by atoms with Gasteiger partial charge in [0.2, 0.25) is 0 Å². The van der Waals surface area contributed by atoms with E-state index < -0.39 is 0 Å². The molecule has 0 spiro atoms. The van der Waals surface area contributed by atoms with Crippen LogP contribution >= 0.6 is 11.6 Å². The molecule has 0 aliphatic rings. The average molecular weight is 237 g/mol. The van der Waals surface area contributed by atoms with Crippen molar-refractivity contribution in [1.29, 1.82) is 0 Å². The van der Waals surface area contributed by atoms with Crippen LogP contribution < -0.4 is 4.74 Å². The molecule has 16 heavy (non-hydrogen) atoms. The van der Waals surface area contributed by atoms with Gasteiger partial charge < -0.3 is 4.74 Å². The predicted octanol–water partition coefficient (Wildman–Crippen LogP) is 2.96. The maximum atomic E-state index is 6.12. The molecule has 0 saturated carbocycles. The maximum Gasteiger partial charge on any atom is 0.131 e. The number of hydrogen-bond donors (Lipinski definition) is 0. The molecule has 1 heterocycles. The van der Waals surface area contributed by atoms with Crippen LogP contribution in [-0.2, 0) is 13.7 Å². The topological polar surface area (TPSA) is 27.1 Å². The molecular formula is C12H13ClN2O. The highest BCUT2D eigenvalue weighted by Gasteiger charge is 2.11. The lowest BCUT2D eigenvalue weighted by atomic mass is 10.3. The summed E-state index contributed by atoms with van der Waals surface area (Å²) in [6.45, 7) is 2.31. The summed E-state index contributed by atoms with van der Waals surface area (Å²) in [5, 5.41) is 4.91. The molecule has 3 nitrogen and oxygen atoms in total. The first kappa shape index (κ1) is 11.0. The standard InChI is InChI=1S/C12H13ClN2O/c1-9-12(13)11(15(2)14-9)8-16-10-6-4-3-5-7-10/h3-7H,8H2,1-2H3. The van der Waals surface area contributed by atoms with Gasteiger partial charge in [-0.05, 0) is 19.1 Å². The number of ether oxygens (including phenoxy) is 1. The smallest absolute Gasteiger partial charge is 0.131 e. The van der Waals surface area contributed by atoms with Gasteiger partial charge in [-0.25, -0.2) is 0 Å². The Morgan fingerprint density at radius 1 is 1.31 bits per heavy atom. The summed E-state index contributed by atoms with van der Waals surface area (Å²) in [5.74, 6) is 0.831. The lowest BCUT2D eigenvalue weighted by Crippen LogP contribution is -2.03. The number of para-hydroxylation sites is 1. The van der Waals surface area contributed by atoms with Crippen molar-refractivity contribution in [3.05, 3.63) is 46.7 Å². The van der Waals surface area contributed by atoms with Gasteiger partial charge in [0.05, 0.1) is 16.4 Å². The zero-order chi connectivity index (χ0) is 11.5. The van der Waals surface area contributed by atoms with E-state index >= 15 is 0 Å². The van der Waals surface area contributed by atoms with E-state index in [1.54, 1.807) is 4.68 Å². The van der Waals surface area contributed by atoms with E-state index in [4.69, 9.17) is 16.3 Å². The molecule has 2 aromatic rings. The van der Waals surface area contributed by atoms with Gasteiger partial charge in [-0.3, -0.25) is 4.68 Å². The van der Waals surface area contributed by atoms with Crippen LogP contribution in [0.2, 0.25) is 5.02 Å². The van der Waals surface area contributed by atoms with Gasteiger partial charge in [-0.1, -0.05) is 29.8 Å². The normalized spacial score (nSPS) is 10.4. The van der Waals surface area contributed by atoms with Crippen molar-refractivity contribution in [3.63, 3.8) is 0 Å². The van der Waals surface area contributed by atoms with E-state index in [2.05, 4.69) is 5.10 Å². The molecule has 0 atom stereocenters.